The minimum absolute atomic E-state index is 0.152. The van der Waals surface area contributed by atoms with Gasteiger partial charge in [0.1, 0.15) is 12.3 Å². The number of anilines is 1. The van der Waals surface area contributed by atoms with Gasteiger partial charge in [-0.05, 0) is 7.05 Å². The topological polar surface area (TPSA) is 89.6 Å². The van der Waals surface area contributed by atoms with Crippen LogP contribution in [0.15, 0.2) is 10.5 Å². The van der Waals surface area contributed by atoms with Crippen molar-refractivity contribution in [3.8, 4) is 0 Å². The first-order valence-corrected chi connectivity index (χ1v) is 5.17. The summed E-state index contributed by atoms with van der Waals surface area (Å²) in [5.41, 5.74) is 6.03. The van der Waals surface area contributed by atoms with E-state index >= 15 is 0 Å². The monoisotopic (exact) mass is 228 g/mol. The fourth-order valence-corrected chi connectivity index (χ4v) is 1.35. The molecule has 0 radical (unpaired) electrons. The van der Waals surface area contributed by atoms with Gasteiger partial charge in [0.15, 0.2) is 17.1 Å². The number of hydrogen-bond donors (Lipinski definition) is 2. The van der Waals surface area contributed by atoms with Crippen molar-refractivity contribution >= 4 is 28.5 Å². The van der Waals surface area contributed by atoms with E-state index in [1.807, 2.05) is 0 Å². The molecular formula is C8H12N4O2S. The van der Waals surface area contributed by atoms with E-state index in [9.17, 15) is 4.79 Å². The predicted octanol–water partition coefficient (Wildman–Crippen LogP) is -0.136. The van der Waals surface area contributed by atoms with Gasteiger partial charge in [0.2, 0.25) is 0 Å². The number of oxime groups is 1. The lowest BCUT2D eigenvalue weighted by Gasteiger charge is -1.98. The molecule has 6 nitrogen and oxygen atoms in total. The first-order valence-electron chi connectivity index (χ1n) is 4.29. The number of carbonyl (C=O) groups excluding carboxylic acids is 1. The molecule has 0 saturated carbocycles. The number of aldehydes is 1. The van der Waals surface area contributed by atoms with Crippen molar-refractivity contribution < 1.29 is 9.63 Å². The zero-order chi connectivity index (χ0) is 11.1. The van der Waals surface area contributed by atoms with E-state index in [2.05, 4.69) is 15.5 Å². The normalized spacial score (nSPS) is 11.4. The van der Waals surface area contributed by atoms with Crippen LogP contribution in [0.25, 0.3) is 0 Å². The fourth-order valence-electron chi connectivity index (χ4n) is 0.797. The molecule has 3 N–H and O–H groups in total. The summed E-state index contributed by atoms with van der Waals surface area (Å²) in [5.74, 6) is 0. The molecular weight excluding hydrogens is 216 g/mol. The van der Waals surface area contributed by atoms with Crippen LogP contribution >= 0.6 is 11.3 Å². The standard InChI is InChI=1S/C8H12N4O2S/c1-10-2-3-14-12-6(4-13)7-5-15-8(9)11-7/h4-5,10H,2-3H2,1H3,(H2,9,11). The minimum atomic E-state index is 0.152. The van der Waals surface area contributed by atoms with Crippen LogP contribution in [0.4, 0.5) is 5.13 Å². The molecule has 82 valence electrons. The Morgan fingerprint density at radius 2 is 2.67 bits per heavy atom. The van der Waals surface area contributed by atoms with Crippen LogP contribution in [0.1, 0.15) is 5.69 Å². The van der Waals surface area contributed by atoms with Crippen LogP contribution in [0.2, 0.25) is 0 Å². The molecule has 0 bridgehead atoms. The molecule has 1 aromatic heterocycles. The fraction of sp³-hybridized carbons (Fsp3) is 0.375. The Morgan fingerprint density at radius 1 is 1.87 bits per heavy atom. The molecule has 1 aromatic rings. The number of carbonyl (C=O) groups is 1. The summed E-state index contributed by atoms with van der Waals surface area (Å²) in [4.78, 5) is 19.5. The SMILES string of the molecule is CNCCON=C(C=O)c1csc(N)n1. The number of hydrogen-bond acceptors (Lipinski definition) is 7. The van der Waals surface area contributed by atoms with Gasteiger partial charge in [0.25, 0.3) is 0 Å². The summed E-state index contributed by atoms with van der Waals surface area (Å²) in [6.07, 6.45) is 0.591. The Morgan fingerprint density at radius 3 is 3.20 bits per heavy atom. The second kappa shape index (κ2) is 6.10. The van der Waals surface area contributed by atoms with Crippen molar-refractivity contribution in [2.75, 3.05) is 25.9 Å². The van der Waals surface area contributed by atoms with Crippen LogP contribution in [0, 0.1) is 0 Å². The molecule has 0 spiro atoms. The zero-order valence-corrected chi connectivity index (χ0v) is 9.08. The lowest BCUT2D eigenvalue weighted by atomic mass is 10.3. The summed E-state index contributed by atoms with van der Waals surface area (Å²) in [6.45, 7) is 1.06. The number of nitrogens with zero attached hydrogens (tertiary/aromatic N) is 2. The first kappa shape index (κ1) is 11.6. The lowest BCUT2D eigenvalue weighted by Crippen LogP contribution is -2.13. The third kappa shape index (κ3) is 3.64. The zero-order valence-electron chi connectivity index (χ0n) is 8.27. The maximum absolute atomic E-state index is 10.7. The third-order valence-corrected chi connectivity index (χ3v) is 2.18. The van der Waals surface area contributed by atoms with Gasteiger partial charge < -0.3 is 15.9 Å². The van der Waals surface area contributed by atoms with Crippen LogP contribution < -0.4 is 11.1 Å². The van der Waals surface area contributed by atoms with Crippen LogP contribution in [-0.2, 0) is 9.63 Å². The smallest absolute Gasteiger partial charge is 0.180 e. The van der Waals surface area contributed by atoms with Gasteiger partial charge in [0, 0.05) is 11.9 Å². The van der Waals surface area contributed by atoms with Crippen molar-refractivity contribution in [3.05, 3.63) is 11.1 Å². The van der Waals surface area contributed by atoms with Gasteiger partial charge in [-0.3, -0.25) is 4.79 Å². The highest BCUT2D eigenvalue weighted by Gasteiger charge is 2.07. The van der Waals surface area contributed by atoms with Crippen molar-refractivity contribution in [3.63, 3.8) is 0 Å². The molecule has 0 fully saturated rings. The molecule has 0 aliphatic rings. The van der Waals surface area contributed by atoms with E-state index < -0.39 is 0 Å². The van der Waals surface area contributed by atoms with E-state index in [1.54, 1.807) is 12.4 Å². The van der Waals surface area contributed by atoms with Crippen molar-refractivity contribution in [1.82, 2.24) is 10.3 Å². The quantitative estimate of drug-likeness (QED) is 0.306. The number of nitrogen functional groups attached to an aromatic ring is 1. The molecule has 0 aromatic carbocycles. The third-order valence-electron chi connectivity index (χ3n) is 1.50. The Bertz CT molecular complexity index is 350. The second-order valence-corrected chi connectivity index (χ2v) is 3.49. The van der Waals surface area contributed by atoms with Crippen LogP contribution in [0.3, 0.4) is 0 Å². The summed E-state index contributed by atoms with van der Waals surface area (Å²) < 4.78 is 0. The summed E-state index contributed by atoms with van der Waals surface area (Å²) >= 11 is 1.25. The number of likely N-dealkylation sites (N-methyl/N-ethyl adjacent to an activating group) is 1. The second-order valence-electron chi connectivity index (χ2n) is 2.60. The average molecular weight is 228 g/mol. The van der Waals surface area contributed by atoms with Crippen molar-refractivity contribution in [1.29, 1.82) is 0 Å². The maximum atomic E-state index is 10.7. The van der Waals surface area contributed by atoms with E-state index in [4.69, 9.17) is 10.6 Å². The van der Waals surface area contributed by atoms with E-state index in [0.29, 0.717) is 30.3 Å². The number of rotatable bonds is 6. The summed E-state index contributed by atoms with van der Waals surface area (Å²) in [6, 6.07) is 0. The largest absolute Gasteiger partial charge is 0.394 e. The van der Waals surface area contributed by atoms with Gasteiger partial charge in [-0.15, -0.1) is 11.3 Å². The molecule has 0 atom stereocenters. The molecule has 15 heavy (non-hydrogen) atoms. The summed E-state index contributed by atoms with van der Waals surface area (Å²) in [7, 11) is 1.80. The van der Waals surface area contributed by atoms with E-state index in [0.717, 1.165) is 0 Å². The molecule has 1 rings (SSSR count). The lowest BCUT2D eigenvalue weighted by molar-refractivity contribution is -0.102. The Labute approximate surface area is 91.1 Å². The van der Waals surface area contributed by atoms with Crippen LogP contribution in [-0.4, -0.2) is 37.2 Å². The van der Waals surface area contributed by atoms with E-state index in [1.165, 1.54) is 11.3 Å². The molecule has 0 amide bonds. The molecule has 1 heterocycles. The predicted molar refractivity (Wildman–Crippen MR) is 59.0 cm³/mol. The molecule has 0 aliphatic carbocycles. The number of nitrogens with one attached hydrogen (secondary N) is 1. The number of aromatic nitrogens is 1. The number of thiazole rings is 1. The van der Waals surface area contributed by atoms with Gasteiger partial charge in [0.05, 0.1) is 0 Å². The Hall–Kier alpha value is -1.47. The van der Waals surface area contributed by atoms with Crippen molar-refractivity contribution in [2.45, 2.75) is 0 Å². The molecule has 0 saturated heterocycles. The highest BCUT2D eigenvalue weighted by molar-refractivity contribution is 7.13. The highest BCUT2D eigenvalue weighted by Crippen LogP contribution is 2.11. The van der Waals surface area contributed by atoms with Gasteiger partial charge >= 0.3 is 0 Å². The van der Waals surface area contributed by atoms with E-state index in [-0.39, 0.29) is 5.71 Å². The molecule has 7 heteroatoms. The van der Waals surface area contributed by atoms with Gasteiger partial charge in [-0.1, -0.05) is 5.16 Å². The van der Waals surface area contributed by atoms with Crippen molar-refractivity contribution in [2.24, 2.45) is 5.16 Å². The Balaban J connectivity index is 2.59. The summed E-state index contributed by atoms with van der Waals surface area (Å²) in [5, 5.41) is 8.60. The maximum Gasteiger partial charge on any atom is 0.180 e. The van der Waals surface area contributed by atoms with Gasteiger partial charge in [-0.25, -0.2) is 4.98 Å². The molecule has 0 aliphatic heterocycles. The first-order chi connectivity index (χ1) is 7.27. The number of nitrogens with two attached hydrogens (primary N) is 1. The van der Waals surface area contributed by atoms with Crippen LogP contribution in [0.5, 0.6) is 0 Å². The Kier molecular flexibility index (Phi) is 4.72. The average Bonchev–Trinajstić information content (AvgIpc) is 2.65. The minimum Gasteiger partial charge on any atom is -0.394 e. The highest BCUT2D eigenvalue weighted by atomic mass is 32.1. The molecule has 0 unspecified atom stereocenters. The van der Waals surface area contributed by atoms with Gasteiger partial charge in [-0.2, -0.15) is 0 Å².